The fraction of sp³-hybridized carbons (Fsp3) is 0.500. The summed E-state index contributed by atoms with van der Waals surface area (Å²) in [6.07, 6.45) is 0. The van der Waals surface area contributed by atoms with Crippen LogP contribution in [-0.2, 0) is 10.0 Å². The molecule has 1 saturated heterocycles. The van der Waals surface area contributed by atoms with Crippen LogP contribution in [0.25, 0.3) is 0 Å². The molecule has 4 nitrogen and oxygen atoms in total. The summed E-state index contributed by atoms with van der Waals surface area (Å²) in [5.74, 6) is 0. The molecule has 1 aromatic carbocycles. The minimum Gasteiger partial charge on any atom is -0.311 e. The van der Waals surface area contributed by atoms with Crippen molar-refractivity contribution in [1.82, 2.24) is 9.62 Å². The molecular weight excluding hydrogens is 307 g/mol. The van der Waals surface area contributed by atoms with Crippen LogP contribution >= 0.6 is 24.0 Å². The van der Waals surface area contributed by atoms with E-state index in [1.165, 1.54) is 0 Å². The van der Waals surface area contributed by atoms with E-state index in [1.54, 1.807) is 28.6 Å². The van der Waals surface area contributed by atoms with Crippen LogP contribution in [0.3, 0.4) is 0 Å². The lowest BCUT2D eigenvalue weighted by molar-refractivity contribution is 0.244. The minimum atomic E-state index is -3.43. The first-order valence-electron chi connectivity index (χ1n) is 5.92. The first kappa shape index (κ1) is 16.7. The molecule has 1 heterocycles. The number of rotatable bonds is 2. The number of nitrogens with one attached hydrogen (secondary N) is 1. The lowest BCUT2D eigenvalue weighted by atomic mass is 10.2. The van der Waals surface area contributed by atoms with E-state index in [1.807, 2.05) is 13.8 Å². The van der Waals surface area contributed by atoms with E-state index in [2.05, 4.69) is 5.32 Å². The minimum absolute atomic E-state index is 0. The lowest BCUT2D eigenvalue weighted by Gasteiger charge is -2.36. The molecule has 1 N–H and O–H groups in total. The van der Waals surface area contributed by atoms with Gasteiger partial charge in [-0.15, -0.1) is 12.4 Å². The van der Waals surface area contributed by atoms with Gasteiger partial charge in [0.15, 0.2) is 0 Å². The van der Waals surface area contributed by atoms with E-state index in [9.17, 15) is 8.42 Å². The Morgan fingerprint density at radius 1 is 1.26 bits per heavy atom. The predicted molar refractivity (Wildman–Crippen MR) is 79.5 cm³/mol. The third-order valence-corrected chi connectivity index (χ3v) is 5.37. The van der Waals surface area contributed by atoms with Crippen LogP contribution in [0, 0.1) is 0 Å². The van der Waals surface area contributed by atoms with E-state index in [0.717, 1.165) is 0 Å². The van der Waals surface area contributed by atoms with Crippen molar-refractivity contribution in [2.75, 3.05) is 13.1 Å². The van der Waals surface area contributed by atoms with Crippen molar-refractivity contribution in [2.24, 2.45) is 0 Å². The first-order valence-corrected chi connectivity index (χ1v) is 7.74. The van der Waals surface area contributed by atoms with Gasteiger partial charge < -0.3 is 5.32 Å². The van der Waals surface area contributed by atoms with Gasteiger partial charge in [-0.1, -0.05) is 11.6 Å². The van der Waals surface area contributed by atoms with Gasteiger partial charge in [0.05, 0.1) is 4.90 Å². The second-order valence-electron chi connectivity index (χ2n) is 4.69. The van der Waals surface area contributed by atoms with Gasteiger partial charge in [0, 0.05) is 30.2 Å². The zero-order valence-electron chi connectivity index (χ0n) is 10.8. The van der Waals surface area contributed by atoms with Crippen molar-refractivity contribution in [1.29, 1.82) is 0 Å². The van der Waals surface area contributed by atoms with Crippen molar-refractivity contribution in [3.8, 4) is 0 Å². The van der Waals surface area contributed by atoms with Crippen LogP contribution in [-0.4, -0.2) is 37.9 Å². The highest BCUT2D eigenvalue weighted by Gasteiger charge is 2.33. The van der Waals surface area contributed by atoms with Crippen LogP contribution in [0.4, 0.5) is 0 Å². The van der Waals surface area contributed by atoms with Gasteiger partial charge >= 0.3 is 0 Å². The van der Waals surface area contributed by atoms with Gasteiger partial charge in [-0.2, -0.15) is 4.31 Å². The highest BCUT2D eigenvalue weighted by molar-refractivity contribution is 7.89. The Morgan fingerprint density at radius 3 is 2.42 bits per heavy atom. The summed E-state index contributed by atoms with van der Waals surface area (Å²) in [4.78, 5) is 0.299. The molecule has 1 aliphatic heterocycles. The predicted octanol–water partition coefficient (Wildman–Crippen LogP) is 2.13. The van der Waals surface area contributed by atoms with Gasteiger partial charge in [-0.3, -0.25) is 0 Å². The largest absolute Gasteiger partial charge is 0.311 e. The number of sulfonamides is 1. The molecule has 0 aliphatic carbocycles. The lowest BCUT2D eigenvalue weighted by Crippen LogP contribution is -2.56. The molecule has 1 aromatic rings. The van der Waals surface area contributed by atoms with E-state index in [0.29, 0.717) is 23.0 Å². The monoisotopic (exact) mass is 324 g/mol. The molecule has 2 rings (SSSR count). The van der Waals surface area contributed by atoms with Crippen LogP contribution in [0.5, 0.6) is 0 Å². The molecule has 108 valence electrons. The molecule has 1 aliphatic rings. The maximum absolute atomic E-state index is 12.5. The molecule has 0 spiro atoms. The maximum atomic E-state index is 12.5. The van der Waals surface area contributed by atoms with Crippen LogP contribution < -0.4 is 5.32 Å². The fourth-order valence-electron chi connectivity index (χ4n) is 2.06. The Kier molecular flexibility index (Phi) is 5.65. The summed E-state index contributed by atoms with van der Waals surface area (Å²) in [6.45, 7) is 5.06. The molecule has 0 radical (unpaired) electrons. The quantitative estimate of drug-likeness (QED) is 0.906. The smallest absolute Gasteiger partial charge is 0.243 e. The van der Waals surface area contributed by atoms with Gasteiger partial charge in [0.2, 0.25) is 10.0 Å². The third kappa shape index (κ3) is 3.61. The third-order valence-electron chi connectivity index (χ3n) is 3.13. The van der Waals surface area contributed by atoms with E-state index in [-0.39, 0.29) is 24.5 Å². The van der Waals surface area contributed by atoms with Crippen molar-refractivity contribution in [3.05, 3.63) is 29.3 Å². The average molecular weight is 325 g/mol. The van der Waals surface area contributed by atoms with Crippen LogP contribution in [0.15, 0.2) is 29.2 Å². The van der Waals surface area contributed by atoms with Crippen LogP contribution in [0.1, 0.15) is 13.8 Å². The second kappa shape index (κ2) is 6.41. The molecule has 0 aromatic heterocycles. The van der Waals surface area contributed by atoms with Crippen molar-refractivity contribution >= 4 is 34.0 Å². The van der Waals surface area contributed by atoms with Crippen molar-refractivity contribution < 1.29 is 8.42 Å². The zero-order chi connectivity index (χ0) is 13.3. The molecule has 0 amide bonds. The topological polar surface area (TPSA) is 49.4 Å². The number of piperazine rings is 1. The zero-order valence-corrected chi connectivity index (χ0v) is 13.2. The number of hydrogen-bond acceptors (Lipinski definition) is 3. The molecule has 0 bridgehead atoms. The Bertz CT molecular complexity index is 519. The highest BCUT2D eigenvalue weighted by atomic mass is 35.5. The molecule has 2 unspecified atom stereocenters. The number of nitrogens with zero attached hydrogens (tertiary/aromatic N) is 1. The summed E-state index contributed by atoms with van der Waals surface area (Å²) in [7, 11) is -3.43. The van der Waals surface area contributed by atoms with Gasteiger partial charge in [0.1, 0.15) is 0 Å². The average Bonchev–Trinajstić information content (AvgIpc) is 2.32. The van der Waals surface area contributed by atoms with E-state index < -0.39 is 10.0 Å². The summed E-state index contributed by atoms with van der Waals surface area (Å²) < 4.78 is 26.6. The van der Waals surface area contributed by atoms with E-state index in [4.69, 9.17) is 11.6 Å². The number of halogens is 2. The Labute approximate surface area is 125 Å². The molecule has 0 saturated carbocycles. The SMILES string of the molecule is CC1CN(S(=O)(=O)c2ccc(Cl)cc2)C(C)CN1.Cl. The van der Waals surface area contributed by atoms with Gasteiger partial charge in [-0.25, -0.2) is 8.42 Å². The van der Waals surface area contributed by atoms with Gasteiger partial charge in [-0.05, 0) is 38.1 Å². The Morgan fingerprint density at radius 2 is 1.84 bits per heavy atom. The normalized spacial score (nSPS) is 24.8. The Balaban J connectivity index is 0.00000180. The number of benzene rings is 1. The summed E-state index contributed by atoms with van der Waals surface area (Å²) in [6, 6.07) is 6.44. The highest BCUT2D eigenvalue weighted by Crippen LogP contribution is 2.22. The molecule has 19 heavy (non-hydrogen) atoms. The molecule has 1 fully saturated rings. The molecule has 2 atom stereocenters. The fourth-order valence-corrected chi connectivity index (χ4v) is 3.91. The summed E-state index contributed by atoms with van der Waals surface area (Å²) in [5, 5.41) is 3.80. The van der Waals surface area contributed by atoms with Gasteiger partial charge in [0.25, 0.3) is 0 Å². The second-order valence-corrected chi connectivity index (χ2v) is 7.01. The number of hydrogen-bond donors (Lipinski definition) is 1. The van der Waals surface area contributed by atoms with E-state index >= 15 is 0 Å². The van der Waals surface area contributed by atoms with Crippen molar-refractivity contribution in [2.45, 2.75) is 30.8 Å². The van der Waals surface area contributed by atoms with Crippen molar-refractivity contribution in [3.63, 3.8) is 0 Å². The van der Waals surface area contributed by atoms with Crippen LogP contribution in [0.2, 0.25) is 5.02 Å². The molecular formula is C12H18Cl2N2O2S. The summed E-state index contributed by atoms with van der Waals surface area (Å²) >= 11 is 5.78. The summed E-state index contributed by atoms with van der Waals surface area (Å²) in [5.41, 5.74) is 0. The maximum Gasteiger partial charge on any atom is 0.243 e. The Hall–Kier alpha value is -0.330. The first-order chi connectivity index (χ1) is 8.41. The molecule has 7 heteroatoms. The standard InChI is InChI=1S/C12H17ClN2O2S.ClH/c1-9-8-15(10(2)7-14-9)18(16,17)12-5-3-11(13)4-6-12;/h3-6,9-10,14H,7-8H2,1-2H3;1H.